The van der Waals surface area contributed by atoms with Crippen LogP contribution in [0.1, 0.15) is 158 Å². The van der Waals surface area contributed by atoms with E-state index in [1.165, 1.54) is 24.0 Å². The number of rotatable bonds is 35. The minimum Gasteiger partial charge on any atom is -0.466 e. The topological polar surface area (TPSA) is 168 Å². The second-order valence-corrected chi connectivity index (χ2v) is 15.7. The van der Waals surface area contributed by atoms with E-state index in [4.69, 9.17) is 28.7 Å². The molecule has 3 atom stereocenters. The van der Waals surface area contributed by atoms with Crippen molar-refractivity contribution in [3.63, 3.8) is 0 Å². The van der Waals surface area contributed by atoms with Crippen LogP contribution in [0, 0.1) is 13.8 Å². The highest BCUT2D eigenvalue weighted by atomic mass is 31.2. The van der Waals surface area contributed by atoms with E-state index in [1.807, 2.05) is 18.2 Å². The number of ether oxygens (including phenoxy) is 2. The lowest BCUT2D eigenvalue weighted by molar-refractivity contribution is -0.161. The van der Waals surface area contributed by atoms with Crippen LogP contribution in [0.4, 0.5) is 0 Å². The predicted molar refractivity (Wildman–Crippen MR) is 220 cm³/mol. The van der Waals surface area contributed by atoms with Crippen molar-refractivity contribution in [2.24, 2.45) is 5.73 Å². The highest BCUT2D eigenvalue weighted by Gasteiger charge is 2.26. The molecule has 1 aromatic rings. The van der Waals surface area contributed by atoms with Crippen LogP contribution >= 0.6 is 7.82 Å². The Balaban J connectivity index is 2.29. The summed E-state index contributed by atoms with van der Waals surface area (Å²) in [5.41, 5.74) is 7.95. The van der Waals surface area contributed by atoms with Crippen molar-refractivity contribution in [1.29, 1.82) is 0 Å². The lowest BCUT2D eigenvalue weighted by atomic mass is 10.0. The fourth-order valence-corrected chi connectivity index (χ4v) is 6.75. The molecule has 0 amide bonds. The molecule has 4 N–H and O–H groups in total. The number of carbonyl (C=O) groups is 2. The van der Waals surface area contributed by atoms with Crippen molar-refractivity contribution in [2.45, 2.75) is 175 Å². The smallest absolute Gasteiger partial charge is 0.466 e. The van der Waals surface area contributed by atoms with E-state index in [0.29, 0.717) is 19.3 Å². The van der Waals surface area contributed by atoms with Crippen LogP contribution in [0.3, 0.4) is 0 Å². The zero-order valence-corrected chi connectivity index (χ0v) is 35.4. The Morgan fingerprint density at radius 3 is 2.00 bits per heavy atom. The summed E-state index contributed by atoms with van der Waals surface area (Å²) >= 11 is 0. The lowest BCUT2D eigenvalue weighted by Crippen LogP contribution is -2.29. The predicted octanol–water partition coefficient (Wildman–Crippen LogP) is 10.0. The quantitative estimate of drug-likeness (QED) is 0.0197. The van der Waals surface area contributed by atoms with Crippen LogP contribution in [0.5, 0.6) is 0 Å². The number of nitrogens with two attached hydrogens (primary N) is 1. The molecule has 0 bridgehead atoms. The van der Waals surface area contributed by atoms with Gasteiger partial charge in [-0.3, -0.25) is 18.6 Å². The standard InChI is InChI=1S/C43H74NO10P/c1-5-7-8-9-12-16-21-27-38(45)28-22-17-15-20-24-30-42(46)50-34-39(35-52-55(48,49)51-33-32-44)53-43(47)31-25-19-14-11-10-13-18-23-29-41-37(4)36(3)40(54-41)26-6-2/h7-8,12,16,21,27,38-39,45H,5-6,9-11,13-15,17-20,22-26,28-35,44H2,1-4H3,(H,48,49)/b8-7+,16-12+,27-21+/t38?,39-/m1/s1. The monoisotopic (exact) mass is 796 g/mol. The Kier molecular flexibility index (Phi) is 29.9. The number of unbranched alkanes of at least 4 members (excludes halogenated alkanes) is 11. The van der Waals surface area contributed by atoms with Gasteiger partial charge in [0.25, 0.3) is 0 Å². The molecule has 1 rings (SSSR count). The highest BCUT2D eigenvalue weighted by molar-refractivity contribution is 7.47. The van der Waals surface area contributed by atoms with Gasteiger partial charge in [-0.1, -0.05) is 115 Å². The third kappa shape index (κ3) is 26.9. The summed E-state index contributed by atoms with van der Waals surface area (Å²) in [6.07, 6.45) is 29.0. The number of phosphoric ester groups is 1. The zero-order valence-electron chi connectivity index (χ0n) is 34.5. The lowest BCUT2D eigenvalue weighted by Gasteiger charge is -2.19. The van der Waals surface area contributed by atoms with Gasteiger partial charge in [0, 0.05) is 32.2 Å². The zero-order chi connectivity index (χ0) is 40.6. The summed E-state index contributed by atoms with van der Waals surface area (Å²) in [6.45, 7) is 7.68. The second-order valence-electron chi connectivity index (χ2n) is 14.3. The van der Waals surface area contributed by atoms with E-state index in [2.05, 4.69) is 39.8 Å². The Morgan fingerprint density at radius 2 is 1.36 bits per heavy atom. The molecule has 55 heavy (non-hydrogen) atoms. The summed E-state index contributed by atoms with van der Waals surface area (Å²) < 4.78 is 38.8. The van der Waals surface area contributed by atoms with Gasteiger partial charge in [0.1, 0.15) is 18.1 Å². The van der Waals surface area contributed by atoms with Gasteiger partial charge >= 0.3 is 19.8 Å². The van der Waals surface area contributed by atoms with Gasteiger partial charge in [0.15, 0.2) is 6.10 Å². The van der Waals surface area contributed by atoms with Crippen LogP contribution in [0.2, 0.25) is 0 Å². The molecule has 0 aliphatic carbocycles. The van der Waals surface area contributed by atoms with Crippen molar-refractivity contribution in [2.75, 3.05) is 26.4 Å². The van der Waals surface area contributed by atoms with Crippen molar-refractivity contribution in [3.05, 3.63) is 59.1 Å². The summed E-state index contributed by atoms with van der Waals surface area (Å²) in [5.74, 6) is 1.35. The first kappa shape index (κ1) is 50.5. The molecule has 1 aromatic heterocycles. The number of aliphatic hydroxyl groups excluding tert-OH is 1. The maximum Gasteiger partial charge on any atom is 0.472 e. The Hall–Kier alpha value is -2.53. The molecule has 0 aromatic carbocycles. The highest BCUT2D eigenvalue weighted by Crippen LogP contribution is 2.43. The van der Waals surface area contributed by atoms with Crippen LogP contribution in [0.15, 0.2) is 40.9 Å². The first-order chi connectivity index (χ1) is 26.5. The van der Waals surface area contributed by atoms with E-state index < -0.39 is 38.6 Å². The molecule has 0 aliphatic rings. The second kappa shape index (κ2) is 32.5. The fraction of sp³-hybridized carbons (Fsp3) is 0.721. The first-order valence-corrected chi connectivity index (χ1v) is 22.4. The van der Waals surface area contributed by atoms with E-state index in [1.54, 1.807) is 6.08 Å². The van der Waals surface area contributed by atoms with Gasteiger partial charge in [-0.2, -0.15) is 0 Å². The van der Waals surface area contributed by atoms with Crippen LogP contribution in [0.25, 0.3) is 0 Å². The third-order valence-electron chi connectivity index (χ3n) is 9.32. The minimum absolute atomic E-state index is 0.0316. The number of hydrogen-bond acceptors (Lipinski definition) is 10. The number of allylic oxidation sites excluding steroid dienone is 5. The number of aryl methyl sites for hydroxylation is 2. The molecule has 11 nitrogen and oxygen atoms in total. The number of furan rings is 1. The number of carbonyl (C=O) groups excluding carboxylic acids is 2. The Morgan fingerprint density at radius 1 is 0.764 bits per heavy atom. The number of aliphatic hydroxyl groups is 1. The molecule has 0 aliphatic heterocycles. The normalized spacial score (nSPS) is 14.2. The number of phosphoric acid groups is 1. The van der Waals surface area contributed by atoms with Gasteiger partial charge in [-0.25, -0.2) is 4.57 Å². The molecule has 0 spiro atoms. The molecular formula is C43H74NO10P. The van der Waals surface area contributed by atoms with Crippen LogP contribution < -0.4 is 5.73 Å². The molecule has 0 saturated carbocycles. The maximum atomic E-state index is 12.6. The number of hydrogen-bond donors (Lipinski definition) is 3. The number of esters is 2. The van der Waals surface area contributed by atoms with E-state index >= 15 is 0 Å². The van der Waals surface area contributed by atoms with E-state index in [-0.39, 0.29) is 32.6 Å². The molecule has 1 heterocycles. The van der Waals surface area contributed by atoms with Gasteiger partial charge in [0.05, 0.1) is 19.3 Å². The Labute approximate surface area is 332 Å². The van der Waals surface area contributed by atoms with Gasteiger partial charge < -0.3 is 29.6 Å². The molecule has 316 valence electrons. The molecule has 0 saturated heterocycles. The summed E-state index contributed by atoms with van der Waals surface area (Å²) in [7, 11) is -4.41. The SMILES string of the molecule is CC/C=C/C/C=C/C=C/C(O)CCCCCCCC(=O)OC[C@H](COP(=O)(O)OCCN)OC(=O)CCCCCCCCCCc1oc(CCC)c(C)c1C. The largest absolute Gasteiger partial charge is 0.472 e. The van der Waals surface area contributed by atoms with Crippen molar-refractivity contribution < 1.29 is 47.1 Å². The minimum atomic E-state index is -4.41. The van der Waals surface area contributed by atoms with Crippen molar-refractivity contribution >= 4 is 19.8 Å². The molecule has 12 heteroatoms. The van der Waals surface area contributed by atoms with Crippen LogP contribution in [-0.4, -0.2) is 60.5 Å². The first-order valence-electron chi connectivity index (χ1n) is 20.9. The summed E-state index contributed by atoms with van der Waals surface area (Å²) in [4.78, 5) is 34.9. The molecule has 2 unspecified atom stereocenters. The van der Waals surface area contributed by atoms with Crippen LogP contribution in [-0.2, 0) is 45.5 Å². The van der Waals surface area contributed by atoms with Crippen molar-refractivity contribution in [3.8, 4) is 0 Å². The maximum absolute atomic E-state index is 12.6. The molecule has 0 fully saturated rings. The van der Waals surface area contributed by atoms with E-state index in [0.717, 1.165) is 101 Å². The van der Waals surface area contributed by atoms with Gasteiger partial charge in [-0.15, -0.1) is 0 Å². The average Bonchev–Trinajstić information content (AvgIpc) is 3.42. The molecule has 0 radical (unpaired) electrons. The molecular weight excluding hydrogens is 721 g/mol. The summed E-state index contributed by atoms with van der Waals surface area (Å²) in [5, 5.41) is 10.1. The third-order valence-corrected chi connectivity index (χ3v) is 10.3. The summed E-state index contributed by atoms with van der Waals surface area (Å²) in [6, 6.07) is 0. The van der Waals surface area contributed by atoms with Gasteiger partial charge in [-0.05, 0) is 69.9 Å². The van der Waals surface area contributed by atoms with Crippen molar-refractivity contribution in [1.82, 2.24) is 0 Å². The van der Waals surface area contributed by atoms with Gasteiger partial charge in [0.2, 0.25) is 0 Å². The average molecular weight is 796 g/mol. The fourth-order valence-electron chi connectivity index (χ4n) is 5.98. The Bertz CT molecular complexity index is 1290. The van der Waals surface area contributed by atoms with E-state index in [9.17, 15) is 24.2 Å².